The van der Waals surface area contributed by atoms with E-state index in [1.165, 1.54) is 10.9 Å². The van der Waals surface area contributed by atoms with Crippen molar-refractivity contribution < 1.29 is 14.4 Å². The number of rotatable bonds is 4. The Labute approximate surface area is 151 Å². The normalized spacial score (nSPS) is 19.9. The molecule has 10 heteroatoms. The first-order valence-electron chi connectivity index (χ1n) is 7.35. The van der Waals surface area contributed by atoms with Gasteiger partial charge in [-0.3, -0.25) is 19.8 Å². The van der Waals surface area contributed by atoms with Gasteiger partial charge in [0, 0.05) is 11.5 Å². The maximum atomic E-state index is 12.7. The zero-order valence-electron chi connectivity index (χ0n) is 13.5. The van der Waals surface area contributed by atoms with Gasteiger partial charge in [-0.1, -0.05) is 28.1 Å². The van der Waals surface area contributed by atoms with Crippen LogP contribution in [0.25, 0.3) is 0 Å². The van der Waals surface area contributed by atoms with E-state index < -0.39 is 29.9 Å². The molecule has 4 amide bonds. The van der Waals surface area contributed by atoms with Crippen molar-refractivity contribution in [1.82, 2.24) is 25.0 Å². The van der Waals surface area contributed by atoms with Crippen LogP contribution >= 0.6 is 15.9 Å². The highest BCUT2D eigenvalue weighted by Crippen LogP contribution is 2.29. The van der Waals surface area contributed by atoms with Gasteiger partial charge in [-0.15, -0.1) is 10.2 Å². The zero-order valence-corrected chi connectivity index (χ0v) is 15.1. The van der Waals surface area contributed by atoms with Crippen molar-refractivity contribution in [3.63, 3.8) is 0 Å². The highest BCUT2D eigenvalue weighted by molar-refractivity contribution is 9.10. The second-order valence-electron chi connectivity index (χ2n) is 5.77. The fourth-order valence-corrected chi connectivity index (χ4v) is 2.79. The third-order valence-corrected chi connectivity index (χ3v) is 4.49. The van der Waals surface area contributed by atoms with Crippen LogP contribution in [0.15, 0.2) is 35.1 Å². The van der Waals surface area contributed by atoms with Crippen molar-refractivity contribution in [2.45, 2.75) is 12.5 Å². The minimum atomic E-state index is -1.22. The van der Waals surface area contributed by atoms with E-state index >= 15 is 0 Å². The van der Waals surface area contributed by atoms with Gasteiger partial charge in [-0.05, 0) is 24.6 Å². The molecule has 1 atom stereocenters. The number of nitrogens with zero attached hydrogens (tertiary/aromatic N) is 4. The minimum Gasteiger partial charge on any atom is -0.319 e. The SMILES string of the molecule is Cn1cnnc1NC(=O)CN1C(=O)NC(C)(c2ccc(Br)cc2)C1=O. The number of hydrogen-bond donors (Lipinski definition) is 2. The molecule has 25 heavy (non-hydrogen) atoms. The van der Waals surface area contributed by atoms with E-state index in [2.05, 4.69) is 36.8 Å². The summed E-state index contributed by atoms with van der Waals surface area (Å²) in [6, 6.07) is 6.42. The van der Waals surface area contributed by atoms with E-state index in [4.69, 9.17) is 0 Å². The van der Waals surface area contributed by atoms with Gasteiger partial charge in [0.05, 0.1) is 0 Å². The Morgan fingerprint density at radius 3 is 2.60 bits per heavy atom. The summed E-state index contributed by atoms with van der Waals surface area (Å²) in [5.41, 5.74) is -0.590. The molecule has 1 aromatic carbocycles. The van der Waals surface area contributed by atoms with Gasteiger partial charge in [0.15, 0.2) is 0 Å². The molecule has 0 bridgehead atoms. The van der Waals surface area contributed by atoms with E-state index in [9.17, 15) is 14.4 Å². The molecule has 130 valence electrons. The predicted octanol–water partition coefficient (Wildman–Crippen LogP) is 0.983. The molecule has 1 aliphatic rings. The van der Waals surface area contributed by atoms with E-state index in [1.54, 1.807) is 38.2 Å². The summed E-state index contributed by atoms with van der Waals surface area (Å²) < 4.78 is 2.37. The summed E-state index contributed by atoms with van der Waals surface area (Å²) in [5.74, 6) is -0.805. The Kier molecular flexibility index (Phi) is 4.29. The summed E-state index contributed by atoms with van der Waals surface area (Å²) in [6.07, 6.45) is 1.42. The first-order chi connectivity index (χ1) is 11.8. The van der Waals surface area contributed by atoms with Crippen molar-refractivity contribution in [1.29, 1.82) is 0 Å². The molecule has 9 nitrogen and oxygen atoms in total. The highest BCUT2D eigenvalue weighted by Gasteiger charge is 2.49. The Morgan fingerprint density at radius 2 is 2.00 bits per heavy atom. The molecular formula is C15H15BrN6O3. The van der Waals surface area contributed by atoms with E-state index in [-0.39, 0.29) is 5.95 Å². The molecule has 2 N–H and O–H groups in total. The molecule has 0 aliphatic carbocycles. The predicted molar refractivity (Wildman–Crippen MR) is 91.4 cm³/mol. The Morgan fingerprint density at radius 1 is 1.32 bits per heavy atom. The topological polar surface area (TPSA) is 109 Å². The number of urea groups is 1. The van der Waals surface area contributed by atoms with Crippen LogP contribution in [0, 0.1) is 0 Å². The van der Waals surface area contributed by atoms with Crippen molar-refractivity contribution in [3.05, 3.63) is 40.6 Å². The van der Waals surface area contributed by atoms with Gasteiger partial charge in [0.25, 0.3) is 5.91 Å². The van der Waals surface area contributed by atoms with Gasteiger partial charge in [-0.25, -0.2) is 4.79 Å². The zero-order chi connectivity index (χ0) is 18.2. The van der Waals surface area contributed by atoms with Crippen LogP contribution < -0.4 is 10.6 Å². The molecule has 1 saturated heterocycles. The minimum absolute atomic E-state index is 0.229. The largest absolute Gasteiger partial charge is 0.325 e. The number of carbonyl (C=O) groups is 3. The first kappa shape index (κ1) is 17.1. The molecule has 2 aromatic rings. The quantitative estimate of drug-likeness (QED) is 0.735. The summed E-state index contributed by atoms with van der Waals surface area (Å²) >= 11 is 3.33. The Bertz CT molecular complexity index is 849. The smallest absolute Gasteiger partial charge is 0.319 e. The molecule has 0 spiro atoms. The maximum Gasteiger partial charge on any atom is 0.325 e. The summed E-state index contributed by atoms with van der Waals surface area (Å²) in [5, 5.41) is 12.5. The van der Waals surface area contributed by atoms with Crippen LogP contribution in [0.3, 0.4) is 0 Å². The lowest BCUT2D eigenvalue weighted by Crippen LogP contribution is -2.42. The van der Waals surface area contributed by atoms with Gasteiger partial charge < -0.3 is 9.88 Å². The number of aromatic nitrogens is 3. The number of nitrogens with one attached hydrogen (secondary N) is 2. The first-order valence-corrected chi connectivity index (χ1v) is 8.14. The lowest BCUT2D eigenvalue weighted by molar-refractivity contribution is -0.133. The van der Waals surface area contributed by atoms with Gasteiger partial charge >= 0.3 is 6.03 Å². The molecule has 1 unspecified atom stereocenters. The molecule has 2 heterocycles. The number of amides is 4. The Hall–Kier alpha value is -2.75. The summed E-state index contributed by atoms with van der Waals surface area (Å²) in [4.78, 5) is 38.0. The molecule has 1 aromatic heterocycles. The monoisotopic (exact) mass is 406 g/mol. The number of carbonyl (C=O) groups excluding carboxylic acids is 3. The van der Waals surface area contributed by atoms with Crippen molar-refractivity contribution in [2.75, 3.05) is 11.9 Å². The number of benzene rings is 1. The molecule has 1 aliphatic heterocycles. The number of hydrogen-bond acceptors (Lipinski definition) is 5. The number of anilines is 1. The van der Waals surface area contributed by atoms with Crippen LogP contribution in [-0.2, 0) is 22.2 Å². The van der Waals surface area contributed by atoms with Gasteiger partial charge in [-0.2, -0.15) is 0 Å². The molecular weight excluding hydrogens is 392 g/mol. The molecule has 0 saturated carbocycles. The van der Waals surface area contributed by atoms with Crippen LogP contribution in [0.2, 0.25) is 0 Å². The van der Waals surface area contributed by atoms with Gasteiger partial charge in [0.1, 0.15) is 18.4 Å². The van der Waals surface area contributed by atoms with Crippen molar-refractivity contribution >= 4 is 39.7 Å². The van der Waals surface area contributed by atoms with E-state index in [1.807, 2.05) is 0 Å². The summed E-state index contributed by atoms with van der Waals surface area (Å²) in [6.45, 7) is 1.20. The fourth-order valence-electron chi connectivity index (χ4n) is 2.52. The molecule has 3 rings (SSSR count). The third kappa shape index (κ3) is 3.12. The van der Waals surface area contributed by atoms with Crippen LogP contribution in [0.5, 0.6) is 0 Å². The number of imide groups is 1. The van der Waals surface area contributed by atoms with Crippen molar-refractivity contribution in [2.24, 2.45) is 7.05 Å². The number of halogens is 1. The second-order valence-corrected chi connectivity index (χ2v) is 6.68. The van der Waals surface area contributed by atoms with E-state index in [0.717, 1.165) is 9.37 Å². The van der Waals surface area contributed by atoms with E-state index in [0.29, 0.717) is 5.56 Å². The fraction of sp³-hybridized carbons (Fsp3) is 0.267. The molecule has 1 fully saturated rings. The van der Waals surface area contributed by atoms with Crippen LogP contribution in [-0.4, -0.2) is 44.1 Å². The van der Waals surface area contributed by atoms with Crippen LogP contribution in [0.4, 0.5) is 10.7 Å². The summed E-state index contributed by atoms with van der Waals surface area (Å²) in [7, 11) is 1.66. The average molecular weight is 407 g/mol. The number of aryl methyl sites for hydroxylation is 1. The van der Waals surface area contributed by atoms with Crippen LogP contribution in [0.1, 0.15) is 12.5 Å². The second kappa shape index (κ2) is 6.28. The highest BCUT2D eigenvalue weighted by atomic mass is 79.9. The lowest BCUT2D eigenvalue weighted by Gasteiger charge is -2.22. The molecule has 0 radical (unpaired) electrons. The standard InChI is InChI=1S/C15H15BrN6O3/c1-15(9-3-5-10(16)6-4-9)12(24)22(14(25)19-15)7-11(23)18-13-20-17-8-21(13)2/h3-6,8H,7H2,1-2H3,(H,19,25)(H,18,20,23). The average Bonchev–Trinajstić information content (AvgIpc) is 3.05. The lowest BCUT2D eigenvalue weighted by atomic mass is 9.92. The maximum absolute atomic E-state index is 12.7. The Balaban J connectivity index is 1.76. The third-order valence-electron chi connectivity index (χ3n) is 3.96. The van der Waals surface area contributed by atoms with Crippen molar-refractivity contribution in [3.8, 4) is 0 Å². The van der Waals surface area contributed by atoms with Gasteiger partial charge in [0.2, 0.25) is 11.9 Å².